The molecular formula is C11H18N4O7. The van der Waals surface area contributed by atoms with E-state index in [1.54, 1.807) is 0 Å². The van der Waals surface area contributed by atoms with Gasteiger partial charge in [-0.15, -0.1) is 0 Å². The lowest BCUT2D eigenvalue weighted by Gasteiger charge is -2.71. The molecule has 11 heteroatoms. The number of rotatable bonds is 1. The second-order valence-corrected chi connectivity index (χ2v) is 6.29. The van der Waals surface area contributed by atoms with E-state index in [1.165, 1.54) is 0 Å². The highest BCUT2D eigenvalue weighted by Crippen LogP contribution is 2.58. The molecule has 22 heavy (non-hydrogen) atoms. The van der Waals surface area contributed by atoms with Crippen molar-refractivity contribution in [3.8, 4) is 0 Å². The highest BCUT2D eigenvalue weighted by molar-refractivity contribution is 5.80. The summed E-state index contributed by atoms with van der Waals surface area (Å²) in [5.41, 5.74) is 7.96. The predicted octanol–water partition coefficient (Wildman–Crippen LogP) is -5.55. The maximum Gasteiger partial charge on any atom is 0.311 e. The van der Waals surface area contributed by atoms with Crippen LogP contribution >= 0.6 is 0 Å². The molecule has 5 rings (SSSR count). The quantitative estimate of drug-likeness (QED) is 0.231. The third-order valence-corrected chi connectivity index (χ3v) is 5.28. The summed E-state index contributed by atoms with van der Waals surface area (Å²) in [5.74, 6) is -3.54. The third-order valence-electron chi connectivity index (χ3n) is 5.28. The number of ether oxygens (including phenoxy) is 2. The van der Waals surface area contributed by atoms with Crippen LogP contribution in [0.1, 0.15) is 0 Å². The lowest BCUT2D eigenvalue weighted by molar-refractivity contribution is -0.546. The van der Waals surface area contributed by atoms with Gasteiger partial charge in [0.15, 0.2) is 12.1 Å². The SMILES string of the molecule is NC1=N[C@H](N)[C@H]2[C@H]3O[C@]4(O)O[C@H]([C@H](O)C2(N1)[C@@H]4O)[C@]3(O)CO. The average Bonchev–Trinajstić information content (AvgIpc) is 2.45. The average molecular weight is 318 g/mol. The van der Waals surface area contributed by atoms with Crippen LogP contribution in [-0.2, 0) is 9.47 Å². The second-order valence-electron chi connectivity index (χ2n) is 6.29. The van der Waals surface area contributed by atoms with E-state index in [2.05, 4.69) is 10.3 Å². The van der Waals surface area contributed by atoms with Crippen molar-refractivity contribution in [2.45, 2.75) is 47.7 Å². The molecule has 5 aliphatic rings. The Bertz CT molecular complexity index is 563. The van der Waals surface area contributed by atoms with E-state index in [9.17, 15) is 25.5 Å². The Balaban J connectivity index is 1.95. The minimum absolute atomic E-state index is 0.125. The molecule has 4 aliphatic heterocycles. The normalized spacial score (nSPS) is 62.4. The van der Waals surface area contributed by atoms with E-state index >= 15 is 0 Å². The fraction of sp³-hybridized carbons (Fsp3) is 0.909. The first kappa shape index (κ1) is 14.5. The minimum Gasteiger partial charge on any atom is -0.393 e. The smallest absolute Gasteiger partial charge is 0.311 e. The summed E-state index contributed by atoms with van der Waals surface area (Å²) in [6.45, 7) is -0.802. The Labute approximate surface area is 124 Å². The van der Waals surface area contributed by atoms with E-state index in [1.807, 2.05) is 0 Å². The van der Waals surface area contributed by atoms with Crippen LogP contribution in [0, 0.1) is 5.92 Å². The monoisotopic (exact) mass is 318 g/mol. The Hall–Kier alpha value is -1.05. The van der Waals surface area contributed by atoms with Crippen LogP contribution in [0.25, 0.3) is 0 Å². The summed E-state index contributed by atoms with van der Waals surface area (Å²) in [6, 6.07) is 0. The number of nitrogens with two attached hydrogens (primary N) is 2. The van der Waals surface area contributed by atoms with E-state index < -0.39 is 60.2 Å². The number of hydrogen-bond donors (Lipinski definition) is 8. The molecular weight excluding hydrogens is 300 g/mol. The lowest BCUT2D eigenvalue weighted by Crippen LogP contribution is -2.95. The van der Waals surface area contributed by atoms with E-state index in [0.29, 0.717) is 0 Å². The Morgan fingerprint density at radius 3 is 2.50 bits per heavy atom. The molecule has 124 valence electrons. The Morgan fingerprint density at radius 1 is 1.23 bits per heavy atom. The first-order valence-corrected chi connectivity index (χ1v) is 6.85. The van der Waals surface area contributed by atoms with Crippen molar-refractivity contribution in [1.29, 1.82) is 0 Å². The fourth-order valence-corrected chi connectivity index (χ4v) is 4.31. The lowest BCUT2D eigenvalue weighted by atomic mass is 9.55. The van der Waals surface area contributed by atoms with Gasteiger partial charge in [0.2, 0.25) is 0 Å². The minimum atomic E-state index is -2.46. The highest BCUT2D eigenvalue weighted by Gasteiger charge is 2.82. The topological polar surface area (TPSA) is 196 Å². The van der Waals surface area contributed by atoms with Crippen LogP contribution in [0.2, 0.25) is 0 Å². The summed E-state index contributed by atoms with van der Waals surface area (Å²) in [6.07, 6.45) is -6.93. The van der Waals surface area contributed by atoms with Crippen molar-refractivity contribution in [3.05, 3.63) is 0 Å². The maximum absolute atomic E-state index is 10.7. The molecule has 10 N–H and O–H groups in total. The summed E-state index contributed by atoms with van der Waals surface area (Å²) < 4.78 is 10.4. The number of aliphatic imine (C=N–C) groups is 1. The Morgan fingerprint density at radius 2 is 1.86 bits per heavy atom. The van der Waals surface area contributed by atoms with Crippen LogP contribution < -0.4 is 16.8 Å². The molecule has 0 aromatic rings. The van der Waals surface area contributed by atoms with Gasteiger partial charge in [-0.2, -0.15) is 0 Å². The van der Waals surface area contributed by atoms with Crippen LogP contribution in [0.3, 0.4) is 0 Å². The predicted molar refractivity (Wildman–Crippen MR) is 67.7 cm³/mol. The van der Waals surface area contributed by atoms with Gasteiger partial charge in [0, 0.05) is 0 Å². The van der Waals surface area contributed by atoms with Crippen molar-refractivity contribution in [2.24, 2.45) is 22.4 Å². The molecule has 1 spiro atoms. The molecule has 0 aromatic heterocycles. The molecule has 0 radical (unpaired) electrons. The van der Waals surface area contributed by atoms with Gasteiger partial charge >= 0.3 is 5.97 Å². The van der Waals surface area contributed by atoms with Gasteiger partial charge < -0.3 is 51.8 Å². The number of nitrogens with zero attached hydrogens (tertiary/aromatic N) is 1. The zero-order valence-electron chi connectivity index (χ0n) is 11.3. The number of hydrogen-bond acceptors (Lipinski definition) is 11. The van der Waals surface area contributed by atoms with Crippen molar-refractivity contribution in [2.75, 3.05) is 6.61 Å². The van der Waals surface area contributed by atoms with Gasteiger partial charge in [0.1, 0.15) is 35.6 Å². The zero-order valence-corrected chi connectivity index (χ0v) is 11.3. The van der Waals surface area contributed by atoms with E-state index in [-0.39, 0.29) is 5.96 Å². The van der Waals surface area contributed by atoms with Crippen LogP contribution in [0.5, 0.6) is 0 Å². The Kier molecular flexibility index (Phi) is 2.57. The van der Waals surface area contributed by atoms with Gasteiger partial charge in [0.05, 0.1) is 12.5 Å². The molecule has 0 aromatic carbocycles. The molecule has 3 saturated heterocycles. The molecule has 4 bridgehead atoms. The fourth-order valence-electron chi connectivity index (χ4n) is 4.31. The highest BCUT2D eigenvalue weighted by atomic mass is 16.9. The summed E-state index contributed by atoms with van der Waals surface area (Å²) in [7, 11) is 0. The van der Waals surface area contributed by atoms with Gasteiger partial charge in [-0.25, -0.2) is 4.99 Å². The van der Waals surface area contributed by atoms with Crippen LogP contribution in [-0.4, -0.2) is 85.8 Å². The molecule has 0 amide bonds. The molecule has 4 heterocycles. The van der Waals surface area contributed by atoms with Crippen molar-refractivity contribution in [3.63, 3.8) is 0 Å². The summed E-state index contributed by atoms with van der Waals surface area (Å²) in [5, 5.41) is 54.4. The van der Waals surface area contributed by atoms with Crippen molar-refractivity contribution < 1.29 is 35.0 Å². The van der Waals surface area contributed by atoms with Gasteiger partial charge in [-0.3, -0.25) is 0 Å². The van der Waals surface area contributed by atoms with Gasteiger partial charge in [-0.05, 0) is 0 Å². The molecule has 4 fully saturated rings. The molecule has 9 atom stereocenters. The molecule has 11 nitrogen and oxygen atoms in total. The number of nitrogens with one attached hydrogen (secondary N) is 1. The van der Waals surface area contributed by atoms with Crippen LogP contribution in [0.15, 0.2) is 4.99 Å². The third kappa shape index (κ3) is 1.28. The summed E-state index contributed by atoms with van der Waals surface area (Å²) >= 11 is 0. The molecule has 1 aliphatic carbocycles. The number of guanidine groups is 1. The standard InChI is InChI=1S/C11H18N4O7/c12-6-2-4-9(19,1-16)5-3(17)10(2,15-8(13)14-6)7(18)11(20,21-4)22-5/h2-7,16-20H,1,12H2,(H3,13,14,15)/t2-,3+,4-,5-,6+,7+,9+,10?,11+/m1/s1. The number of aliphatic hydroxyl groups is 5. The van der Waals surface area contributed by atoms with Crippen molar-refractivity contribution >= 4 is 5.96 Å². The molecule has 1 saturated carbocycles. The molecule has 1 unspecified atom stereocenters. The van der Waals surface area contributed by atoms with E-state index in [4.69, 9.17) is 20.9 Å². The van der Waals surface area contributed by atoms with Crippen molar-refractivity contribution in [1.82, 2.24) is 5.32 Å². The first-order chi connectivity index (χ1) is 10.2. The van der Waals surface area contributed by atoms with E-state index in [0.717, 1.165) is 0 Å². The first-order valence-electron chi connectivity index (χ1n) is 6.85. The largest absolute Gasteiger partial charge is 0.393 e. The summed E-state index contributed by atoms with van der Waals surface area (Å²) in [4.78, 5) is 3.92. The zero-order chi connectivity index (χ0) is 16.1. The number of aliphatic hydroxyl groups excluding tert-OH is 3. The van der Waals surface area contributed by atoms with Gasteiger partial charge in [-0.1, -0.05) is 0 Å². The van der Waals surface area contributed by atoms with Crippen LogP contribution in [0.4, 0.5) is 0 Å². The second kappa shape index (κ2) is 3.88. The van der Waals surface area contributed by atoms with Gasteiger partial charge in [0.25, 0.3) is 0 Å². The maximum atomic E-state index is 10.7.